The van der Waals surface area contributed by atoms with Crippen LogP contribution in [0.5, 0.6) is 0 Å². The first-order chi connectivity index (χ1) is 6.93. The van der Waals surface area contributed by atoms with Crippen molar-refractivity contribution >= 4 is 23.2 Å². The van der Waals surface area contributed by atoms with Crippen molar-refractivity contribution in [2.24, 2.45) is 0 Å². The number of likely N-dealkylation sites (N-methyl/N-ethyl adjacent to an activating group) is 1. The molecule has 0 N–H and O–H groups in total. The van der Waals surface area contributed by atoms with Gasteiger partial charge in [0.2, 0.25) is 6.04 Å². The van der Waals surface area contributed by atoms with Crippen LogP contribution in [0.3, 0.4) is 0 Å². The maximum absolute atomic E-state index is 13.8. The van der Waals surface area contributed by atoms with Gasteiger partial charge in [0.25, 0.3) is 0 Å². The molecule has 0 aromatic heterocycles. The van der Waals surface area contributed by atoms with Crippen LogP contribution in [0.15, 0.2) is 18.2 Å². The maximum Gasteiger partial charge on any atom is 0.233 e. The predicted molar refractivity (Wildman–Crippen MR) is 59.3 cm³/mol. The van der Waals surface area contributed by atoms with Crippen LogP contribution >= 0.6 is 23.2 Å². The standard InChI is InChI=1S/C10H11Cl2FNO/c1-6(14(2)15)10(13)8-4-3-7(11)5-9(8)12/h3-6,10H,1-2H3/q+1. The van der Waals surface area contributed by atoms with Crippen LogP contribution in [0.4, 0.5) is 4.39 Å². The third-order valence-electron chi connectivity index (χ3n) is 2.26. The Labute approximate surface area is 97.6 Å². The molecule has 0 aliphatic rings. The molecule has 0 fully saturated rings. The van der Waals surface area contributed by atoms with Gasteiger partial charge in [-0.25, -0.2) is 4.39 Å². The van der Waals surface area contributed by atoms with Gasteiger partial charge in [0, 0.05) is 32.2 Å². The highest BCUT2D eigenvalue weighted by molar-refractivity contribution is 6.35. The van der Waals surface area contributed by atoms with E-state index in [1.54, 1.807) is 6.07 Å². The number of benzene rings is 1. The Bertz CT molecular complexity index is 384. The molecule has 0 amide bonds. The van der Waals surface area contributed by atoms with Crippen molar-refractivity contribution < 1.29 is 9.15 Å². The maximum atomic E-state index is 13.8. The van der Waals surface area contributed by atoms with Crippen molar-refractivity contribution in [1.82, 2.24) is 0 Å². The minimum Gasteiger partial charge on any atom is -0.235 e. The third-order valence-corrected chi connectivity index (χ3v) is 2.82. The molecular weight excluding hydrogens is 240 g/mol. The van der Waals surface area contributed by atoms with E-state index in [2.05, 4.69) is 0 Å². The summed E-state index contributed by atoms with van der Waals surface area (Å²) in [4.78, 5) is 10.9. The molecule has 1 aromatic rings. The first kappa shape index (κ1) is 12.4. The fourth-order valence-electron chi connectivity index (χ4n) is 1.17. The Hall–Kier alpha value is -0.670. The Kier molecular flexibility index (Phi) is 4.05. The second kappa shape index (κ2) is 4.90. The molecule has 2 nitrogen and oxygen atoms in total. The summed E-state index contributed by atoms with van der Waals surface area (Å²) in [6.45, 7) is 1.50. The molecule has 0 aliphatic carbocycles. The van der Waals surface area contributed by atoms with E-state index < -0.39 is 12.2 Å². The predicted octanol–water partition coefficient (Wildman–Crippen LogP) is 3.80. The number of hydrogen-bond acceptors (Lipinski definition) is 1. The lowest BCUT2D eigenvalue weighted by atomic mass is 10.1. The Morgan fingerprint density at radius 1 is 1.40 bits per heavy atom. The lowest BCUT2D eigenvalue weighted by Gasteiger charge is -2.11. The molecule has 0 spiro atoms. The highest BCUT2D eigenvalue weighted by atomic mass is 35.5. The topological polar surface area (TPSA) is 20.1 Å². The van der Waals surface area contributed by atoms with Gasteiger partial charge >= 0.3 is 0 Å². The van der Waals surface area contributed by atoms with Crippen molar-refractivity contribution in [2.75, 3.05) is 7.05 Å². The van der Waals surface area contributed by atoms with E-state index in [0.29, 0.717) is 9.78 Å². The van der Waals surface area contributed by atoms with Crippen LogP contribution in [-0.4, -0.2) is 17.8 Å². The minimum atomic E-state index is -1.42. The lowest BCUT2D eigenvalue weighted by Crippen LogP contribution is -2.22. The summed E-state index contributed by atoms with van der Waals surface area (Å²) in [6.07, 6.45) is -1.42. The van der Waals surface area contributed by atoms with Crippen LogP contribution in [0.1, 0.15) is 18.7 Å². The zero-order valence-corrected chi connectivity index (χ0v) is 9.89. The molecule has 0 saturated carbocycles. The summed E-state index contributed by atoms with van der Waals surface area (Å²) in [5.74, 6) is 0. The van der Waals surface area contributed by atoms with Gasteiger partial charge in [-0.2, -0.15) is 0 Å². The van der Waals surface area contributed by atoms with Crippen LogP contribution in [-0.2, 0) is 0 Å². The quantitative estimate of drug-likeness (QED) is 0.748. The highest BCUT2D eigenvalue weighted by Crippen LogP contribution is 2.31. The SMILES string of the molecule is CC(C(F)c1ccc(Cl)cc1Cl)[N+](C)=O. The van der Waals surface area contributed by atoms with Gasteiger partial charge in [-0.1, -0.05) is 29.3 Å². The highest BCUT2D eigenvalue weighted by Gasteiger charge is 2.29. The number of nitrogens with zero attached hydrogens (tertiary/aromatic N) is 1. The van der Waals surface area contributed by atoms with Gasteiger partial charge in [-0.05, 0) is 12.1 Å². The number of rotatable bonds is 3. The van der Waals surface area contributed by atoms with Crippen molar-refractivity contribution in [2.45, 2.75) is 19.1 Å². The monoisotopic (exact) mass is 250 g/mol. The smallest absolute Gasteiger partial charge is 0.233 e. The molecule has 1 rings (SSSR count). The van der Waals surface area contributed by atoms with Gasteiger partial charge in [-0.3, -0.25) is 0 Å². The fraction of sp³-hybridized carbons (Fsp3) is 0.400. The van der Waals surface area contributed by atoms with Crippen LogP contribution < -0.4 is 0 Å². The number of nitroso groups, excluding NO2 is 1. The lowest BCUT2D eigenvalue weighted by molar-refractivity contribution is -0.563. The molecule has 1 aromatic carbocycles. The van der Waals surface area contributed by atoms with Gasteiger partial charge in [0.15, 0.2) is 13.2 Å². The summed E-state index contributed by atoms with van der Waals surface area (Å²) in [5, 5.41) is 0.683. The van der Waals surface area contributed by atoms with Crippen LogP contribution in [0.2, 0.25) is 10.0 Å². The molecule has 0 radical (unpaired) electrons. The summed E-state index contributed by atoms with van der Waals surface area (Å²) in [5.41, 5.74) is 0.288. The van der Waals surface area contributed by atoms with E-state index in [9.17, 15) is 9.30 Å². The second-order valence-corrected chi connectivity index (χ2v) is 4.20. The number of halogens is 3. The zero-order chi connectivity index (χ0) is 11.6. The normalized spacial score (nSPS) is 14.7. The van der Waals surface area contributed by atoms with E-state index in [1.807, 2.05) is 0 Å². The van der Waals surface area contributed by atoms with Crippen molar-refractivity contribution in [3.8, 4) is 0 Å². The second-order valence-electron chi connectivity index (χ2n) is 3.35. The average Bonchev–Trinajstić information content (AvgIpc) is 2.15. The molecule has 2 atom stereocenters. The molecular formula is C10H11Cl2FNO+. The molecule has 0 bridgehead atoms. The summed E-state index contributed by atoms with van der Waals surface area (Å²) >= 11 is 11.5. The Balaban J connectivity index is 3.01. The molecule has 2 unspecified atom stereocenters. The summed E-state index contributed by atoms with van der Waals surface area (Å²) < 4.78 is 14.4. The van der Waals surface area contributed by atoms with E-state index in [1.165, 1.54) is 26.1 Å². The van der Waals surface area contributed by atoms with Crippen LogP contribution in [0.25, 0.3) is 0 Å². The Morgan fingerprint density at radius 2 is 2.00 bits per heavy atom. The average molecular weight is 251 g/mol. The Morgan fingerprint density at radius 3 is 2.47 bits per heavy atom. The molecule has 15 heavy (non-hydrogen) atoms. The molecule has 5 heteroatoms. The molecule has 0 aliphatic heterocycles. The van der Waals surface area contributed by atoms with Crippen molar-refractivity contribution in [3.05, 3.63) is 38.7 Å². The van der Waals surface area contributed by atoms with E-state index in [0.717, 1.165) is 0 Å². The van der Waals surface area contributed by atoms with E-state index in [-0.39, 0.29) is 10.6 Å². The molecule has 0 saturated heterocycles. The minimum absolute atomic E-state index is 0.240. The fourth-order valence-corrected chi connectivity index (χ4v) is 1.68. The number of alkyl halides is 1. The third kappa shape index (κ3) is 2.89. The zero-order valence-electron chi connectivity index (χ0n) is 8.38. The summed E-state index contributed by atoms with van der Waals surface area (Å²) in [7, 11) is 1.28. The first-order valence-electron chi connectivity index (χ1n) is 4.42. The van der Waals surface area contributed by atoms with E-state index in [4.69, 9.17) is 23.2 Å². The molecule has 0 heterocycles. The van der Waals surface area contributed by atoms with Gasteiger partial charge < -0.3 is 0 Å². The van der Waals surface area contributed by atoms with E-state index >= 15 is 0 Å². The van der Waals surface area contributed by atoms with Gasteiger partial charge in [0.05, 0.1) is 0 Å². The van der Waals surface area contributed by atoms with Crippen LogP contribution in [0, 0.1) is 4.91 Å². The molecule has 82 valence electrons. The van der Waals surface area contributed by atoms with Crippen molar-refractivity contribution in [3.63, 3.8) is 0 Å². The van der Waals surface area contributed by atoms with Gasteiger partial charge in [0.1, 0.15) is 0 Å². The van der Waals surface area contributed by atoms with Crippen molar-refractivity contribution in [1.29, 1.82) is 0 Å². The van der Waals surface area contributed by atoms with Gasteiger partial charge in [-0.15, -0.1) is 0 Å². The summed E-state index contributed by atoms with van der Waals surface area (Å²) in [6, 6.07) is 3.73. The number of hydrogen-bond donors (Lipinski definition) is 0. The first-order valence-corrected chi connectivity index (χ1v) is 5.18. The largest absolute Gasteiger partial charge is 0.235 e.